The molecule has 2 amide bonds. The molecule has 0 N–H and O–H groups in total. The molecule has 1 aliphatic rings. The minimum atomic E-state index is 0.0368. The fraction of sp³-hybridized carbons (Fsp3) is 0.412. The zero-order chi connectivity index (χ0) is 17.6. The Bertz CT molecular complexity index is 721. The molecule has 0 spiro atoms. The molecule has 8 nitrogen and oxygen atoms in total. The van der Waals surface area contributed by atoms with E-state index in [-0.39, 0.29) is 5.91 Å². The van der Waals surface area contributed by atoms with Gasteiger partial charge in [-0.25, -0.2) is 0 Å². The molecule has 8 heteroatoms. The molecule has 0 unspecified atom stereocenters. The van der Waals surface area contributed by atoms with Crippen molar-refractivity contribution in [1.29, 1.82) is 0 Å². The summed E-state index contributed by atoms with van der Waals surface area (Å²) in [6, 6.07) is 7.32. The number of rotatable bonds is 6. The zero-order valence-electron chi connectivity index (χ0n) is 14.1. The van der Waals surface area contributed by atoms with Gasteiger partial charge in [0.05, 0.1) is 7.11 Å². The van der Waals surface area contributed by atoms with Crippen LogP contribution in [0.5, 0.6) is 5.75 Å². The van der Waals surface area contributed by atoms with Crippen LogP contribution in [-0.4, -0.2) is 65.6 Å². The Kier molecular flexibility index (Phi) is 5.27. The van der Waals surface area contributed by atoms with Crippen LogP contribution in [0.2, 0.25) is 0 Å². The fourth-order valence-electron chi connectivity index (χ4n) is 2.65. The molecule has 132 valence electrons. The molecule has 1 aromatic heterocycles. The molecule has 25 heavy (non-hydrogen) atoms. The van der Waals surface area contributed by atoms with E-state index in [0.29, 0.717) is 50.8 Å². The number of methoxy groups -OCH3 is 1. The smallest absolute Gasteiger partial charge is 0.247 e. The number of aryl methyl sites for hydroxylation is 1. The maximum atomic E-state index is 12.2. The summed E-state index contributed by atoms with van der Waals surface area (Å²) in [6.45, 7) is 2.30. The van der Waals surface area contributed by atoms with E-state index in [2.05, 4.69) is 10.2 Å². The number of amides is 2. The summed E-state index contributed by atoms with van der Waals surface area (Å²) in [5.74, 6) is 1.65. The molecule has 0 bridgehead atoms. The Hall–Kier alpha value is -2.90. The number of aromatic nitrogens is 2. The highest BCUT2D eigenvalue weighted by atomic mass is 16.5. The normalized spacial score (nSPS) is 14.4. The number of hydrogen-bond donors (Lipinski definition) is 0. The first-order chi connectivity index (χ1) is 12.2. The van der Waals surface area contributed by atoms with Crippen LogP contribution in [-0.2, 0) is 16.0 Å². The molecule has 0 atom stereocenters. The number of ether oxygens (including phenoxy) is 1. The highest BCUT2D eigenvalue weighted by molar-refractivity contribution is 5.76. The van der Waals surface area contributed by atoms with E-state index >= 15 is 0 Å². The lowest BCUT2D eigenvalue weighted by molar-refractivity contribution is -0.135. The van der Waals surface area contributed by atoms with Crippen molar-refractivity contribution >= 4 is 12.3 Å². The molecule has 1 fully saturated rings. The average Bonchev–Trinajstić information content (AvgIpc) is 3.15. The lowest BCUT2D eigenvalue weighted by atomic mass is 10.2. The van der Waals surface area contributed by atoms with Crippen LogP contribution in [0.4, 0.5) is 0 Å². The van der Waals surface area contributed by atoms with Gasteiger partial charge in [-0.3, -0.25) is 9.59 Å². The second kappa shape index (κ2) is 7.78. The van der Waals surface area contributed by atoms with Crippen molar-refractivity contribution in [2.45, 2.75) is 12.8 Å². The molecule has 0 saturated carbocycles. The van der Waals surface area contributed by atoms with Crippen molar-refractivity contribution in [3.8, 4) is 17.2 Å². The topological polar surface area (TPSA) is 88.8 Å². The van der Waals surface area contributed by atoms with Crippen LogP contribution in [0.3, 0.4) is 0 Å². The maximum Gasteiger partial charge on any atom is 0.247 e. The molecule has 2 heterocycles. The third kappa shape index (κ3) is 4.14. The maximum absolute atomic E-state index is 12.2. The first-order valence-corrected chi connectivity index (χ1v) is 8.13. The molecule has 0 aliphatic carbocycles. The molecule has 1 aromatic carbocycles. The van der Waals surface area contributed by atoms with Crippen LogP contribution in [0.1, 0.15) is 12.3 Å². The molecule has 1 aliphatic heterocycles. The zero-order valence-corrected chi connectivity index (χ0v) is 14.1. The van der Waals surface area contributed by atoms with E-state index < -0.39 is 0 Å². The van der Waals surface area contributed by atoms with E-state index in [1.807, 2.05) is 24.3 Å². The highest BCUT2D eigenvalue weighted by Gasteiger charge is 2.20. The quantitative estimate of drug-likeness (QED) is 0.726. The van der Waals surface area contributed by atoms with Gasteiger partial charge in [0.25, 0.3) is 0 Å². The van der Waals surface area contributed by atoms with E-state index in [1.54, 1.807) is 16.9 Å². The molecule has 2 aromatic rings. The lowest BCUT2D eigenvalue weighted by Gasteiger charge is -2.32. The van der Waals surface area contributed by atoms with Crippen molar-refractivity contribution in [2.75, 3.05) is 33.3 Å². The largest absolute Gasteiger partial charge is 0.497 e. The summed E-state index contributed by atoms with van der Waals surface area (Å²) in [6.07, 6.45) is 1.53. The second-order valence-corrected chi connectivity index (χ2v) is 5.75. The Morgan fingerprint density at radius 2 is 1.92 bits per heavy atom. The summed E-state index contributed by atoms with van der Waals surface area (Å²) in [4.78, 5) is 26.4. The predicted octanol–water partition coefficient (Wildman–Crippen LogP) is 0.978. The van der Waals surface area contributed by atoms with Crippen LogP contribution >= 0.6 is 0 Å². The van der Waals surface area contributed by atoms with Gasteiger partial charge < -0.3 is 19.0 Å². The third-order valence-corrected chi connectivity index (χ3v) is 4.17. The average molecular weight is 344 g/mol. The SMILES string of the molecule is COc1ccc(-c2nnc(CCC(=O)N3CCN(C=O)CC3)o2)cc1. The van der Waals surface area contributed by atoms with Crippen molar-refractivity contribution in [2.24, 2.45) is 0 Å². The number of carbonyl (C=O) groups excluding carboxylic acids is 2. The van der Waals surface area contributed by atoms with Crippen LogP contribution in [0.25, 0.3) is 11.5 Å². The number of hydrogen-bond acceptors (Lipinski definition) is 6. The summed E-state index contributed by atoms with van der Waals surface area (Å²) in [5.41, 5.74) is 0.802. The van der Waals surface area contributed by atoms with Crippen LogP contribution < -0.4 is 4.74 Å². The summed E-state index contributed by atoms with van der Waals surface area (Å²) in [5, 5.41) is 8.03. The van der Waals surface area contributed by atoms with Gasteiger partial charge >= 0.3 is 0 Å². The molecule has 0 radical (unpaired) electrons. The van der Waals surface area contributed by atoms with E-state index in [0.717, 1.165) is 17.7 Å². The third-order valence-electron chi connectivity index (χ3n) is 4.17. The molecule has 3 rings (SSSR count). The van der Waals surface area contributed by atoms with Gasteiger partial charge in [-0.2, -0.15) is 0 Å². The first kappa shape index (κ1) is 16.9. The van der Waals surface area contributed by atoms with Gasteiger partial charge in [0.15, 0.2) is 0 Å². The number of carbonyl (C=O) groups is 2. The number of nitrogens with zero attached hydrogens (tertiary/aromatic N) is 4. The van der Waals surface area contributed by atoms with Gasteiger partial charge in [0.2, 0.25) is 24.1 Å². The van der Waals surface area contributed by atoms with Crippen molar-refractivity contribution < 1.29 is 18.7 Å². The van der Waals surface area contributed by atoms with Gasteiger partial charge in [-0.15, -0.1) is 10.2 Å². The second-order valence-electron chi connectivity index (χ2n) is 5.75. The van der Waals surface area contributed by atoms with Gasteiger partial charge in [-0.1, -0.05) is 0 Å². The molecule has 1 saturated heterocycles. The minimum absolute atomic E-state index is 0.0368. The monoisotopic (exact) mass is 344 g/mol. The van der Waals surface area contributed by atoms with Crippen molar-refractivity contribution in [3.05, 3.63) is 30.2 Å². The van der Waals surface area contributed by atoms with Crippen molar-refractivity contribution in [3.63, 3.8) is 0 Å². The predicted molar refractivity (Wildman–Crippen MR) is 88.8 cm³/mol. The van der Waals surface area contributed by atoms with E-state index in [1.165, 1.54) is 0 Å². The molecular weight excluding hydrogens is 324 g/mol. The Morgan fingerprint density at radius 3 is 2.56 bits per heavy atom. The minimum Gasteiger partial charge on any atom is -0.497 e. The highest BCUT2D eigenvalue weighted by Crippen LogP contribution is 2.21. The van der Waals surface area contributed by atoms with Gasteiger partial charge in [-0.05, 0) is 24.3 Å². The Labute approximate surface area is 145 Å². The van der Waals surface area contributed by atoms with E-state index in [4.69, 9.17) is 9.15 Å². The lowest BCUT2D eigenvalue weighted by Crippen LogP contribution is -2.48. The summed E-state index contributed by atoms with van der Waals surface area (Å²) >= 11 is 0. The van der Waals surface area contributed by atoms with Gasteiger partial charge in [0, 0.05) is 44.6 Å². The van der Waals surface area contributed by atoms with E-state index in [9.17, 15) is 9.59 Å². The Morgan fingerprint density at radius 1 is 1.20 bits per heavy atom. The summed E-state index contributed by atoms with van der Waals surface area (Å²) in [7, 11) is 1.61. The Balaban J connectivity index is 1.53. The summed E-state index contributed by atoms with van der Waals surface area (Å²) < 4.78 is 10.7. The standard InChI is InChI=1S/C17H20N4O4/c1-24-14-4-2-13(3-5-14)17-19-18-15(25-17)6-7-16(23)21-10-8-20(12-22)9-11-21/h2-5,12H,6-11H2,1H3. The first-order valence-electron chi connectivity index (χ1n) is 8.13. The number of benzene rings is 1. The fourth-order valence-corrected chi connectivity index (χ4v) is 2.65. The molecular formula is C17H20N4O4. The van der Waals surface area contributed by atoms with Crippen LogP contribution in [0, 0.1) is 0 Å². The van der Waals surface area contributed by atoms with Crippen molar-refractivity contribution in [1.82, 2.24) is 20.0 Å². The number of piperazine rings is 1. The van der Waals surface area contributed by atoms with Gasteiger partial charge in [0.1, 0.15) is 5.75 Å². The van der Waals surface area contributed by atoms with Crippen LogP contribution in [0.15, 0.2) is 28.7 Å².